The van der Waals surface area contributed by atoms with Gasteiger partial charge in [-0.25, -0.2) is 9.78 Å². The molecule has 0 fully saturated rings. The summed E-state index contributed by atoms with van der Waals surface area (Å²) in [5.74, 6) is -1.01. The number of aliphatic imine (C=N–C) groups is 1. The first-order valence-electron chi connectivity index (χ1n) is 4.61. The molecule has 1 aliphatic heterocycles. The molecule has 0 saturated heterocycles. The lowest BCUT2D eigenvalue weighted by Crippen LogP contribution is -2.03. The van der Waals surface area contributed by atoms with Crippen molar-refractivity contribution in [2.24, 2.45) is 4.99 Å². The van der Waals surface area contributed by atoms with Crippen molar-refractivity contribution in [3.05, 3.63) is 35.7 Å². The van der Waals surface area contributed by atoms with Gasteiger partial charge in [-0.1, -0.05) is 12.1 Å². The van der Waals surface area contributed by atoms with Gasteiger partial charge < -0.3 is 5.11 Å². The summed E-state index contributed by atoms with van der Waals surface area (Å²) in [5.41, 5.74) is 2.57. The minimum Gasteiger partial charge on any atom is -0.477 e. The molecule has 15 heavy (non-hydrogen) atoms. The summed E-state index contributed by atoms with van der Waals surface area (Å²) >= 11 is 0. The average molecular weight is 202 g/mol. The van der Waals surface area contributed by atoms with E-state index in [2.05, 4.69) is 9.98 Å². The number of carboxylic acid groups (broad SMARTS) is 1. The summed E-state index contributed by atoms with van der Waals surface area (Å²) in [7, 11) is 0. The maximum Gasteiger partial charge on any atom is 0.354 e. The second-order valence-electron chi connectivity index (χ2n) is 3.26. The zero-order valence-corrected chi connectivity index (χ0v) is 8.27. The van der Waals surface area contributed by atoms with Crippen LogP contribution in [0.4, 0.5) is 0 Å². The minimum absolute atomic E-state index is 0.0631. The summed E-state index contributed by atoms with van der Waals surface area (Å²) < 4.78 is 0. The number of nitrogens with zero attached hydrogens (tertiary/aromatic N) is 2. The highest BCUT2D eigenvalue weighted by atomic mass is 16.4. The molecule has 2 rings (SSSR count). The number of aromatic nitrogens is 1. The zero-order valence-electron chi connectivity index (χ0n) is 8.27. The van der Waals surface area contributed by atoms with Gasteiger partial charge in [0.05, 0.1) is 12.2 Å². The number of hydrogen-bond donors (Lipinski definition) is 1. The van der Waals surface area contributed by atoms with E-state index in [9.17, 15) is 4.79 Å². The van der Waals surface area contributed by atoms with Crippen LogP contribution in [0.1, 0.15) is 23.1 Å². The average Bonchev–Trinajstić information content (AvgIpc) is 2.64. The van der Waals surface area contributed by atoms with Crippen molar-refractivity contribution in [1.29, 1.82) is 0 Å². The van der Waals surface area contributed by atoms with Crippen LogP contribution < -0.4 is 0 Å². The number of rotatable bonds is 2. The van der Waals surface area contributed by atoms with Gasteiger partial charge in [0, 0.05) is 11.3 Å². The number of allylic oxidation sites excluding steroid dienone is 1. The van der Waals surface area contributed by atoms with E-state index in [4.69, 9.17) is 5.11 Å². The van der Waals surface area contributed by atoms with Crippen molar-refractivity contribution in [3.63, 3.8) is 0 Å². The fraction of sp³-hybridized carbons (Fsp3) is 0.182. The first-order chi connectivity index (χ1) is 7.18. The number of hydrogen-bond acceptors (Lipinski definition) is 3. The normalized spacial score (nSPS) is 14.7. The van der Waals surface area contributed by atoms with Gasteiger partial charge in [-0.05, 0) is 19.1 Å². The number of carbonyl (C=O) groups is 1. The molecule has 4 heteroatoms. The lowest BCUT2D eigenvalue weighted by molar-refractivity contribution is 0.0690. The topological polar surface area (TPSA) is 62.5 Å². The van der Waals surface area contributed by atoms with Crippen LogP contribution in [0.3, 0.4) is 0 Å². The van der Waals surface area contributed by atoms with Crippen molar-refractivity contribution in [3.8, 4) is 0 Å². The van der Waals surface area contributed by atoms with Crippen molar-refractivity contribution in [2.45, 2.75) is 6.92 Å². The van der Waals surface area contributed by atoms with Gasteiger partial charge >= 0.3 is 5.97 Å². The van der Waals surface area contributed by atoms with E-state index >= 15 is 0 Å². The molecule has 0 saturated carbocycles. The van der Waals surface area contributed by atoms with Gasteiger partial charge in [0.2, 0.25) is 0 Å². The summed E-state index contributed by atoms with van der Waals surface area (Å²) in [5, 5.41) is 8.81. The first-order valence-corrected chi connectivity index (χ1v) is 4.61. The third kappa shape index (κ3) is 1.79. The lowest BCUT2D eigenvalue weighted by atomic mass is 10.1. The second kappa shape index (κ2) is 3.65. The highest BCUT2D eigenvalue weighted by Crippen LogP contribution is 2.18. The molecule has 0 amide bonds. The number of carboxylic acids is 1. The van der Waals surface area contributed by atoms with Crippen molar-refractivity contribution >= 4 is 17.3 Å². The Hall–Kier alpha value is -1.97. The Balaban J connectivity index is 2.42. The Labute approximate surface area is 87.0 Å². The van der Waals surface area contributed by atoms with Crippen molar-refractivity contribution in [1.82, 2.24) is 4.98 Å². The molecule has 1 aliphatic rings. The van der Waals surface area contributed by atoms with E-state index in [-0.39, 0.29) is 5.69 Å². The molecule has 76 valence electrons. The molecular formula is C11H10N2O2. The molecule has 0 radical (unpaired) electrons. The predicted octanol–water partition coefficient (Wildman–Crippen LogP) is 1.64. The SMILES string of the molecule is CC1=NCC=C1c1cccc(C(=O)O)n1. The molecule has 4 nitrogen and oxygen atoms in total. The van der Waals surface area contributed by atoms with Gasteiger partial charge in [0.1, 0.15) is 5.69 Å². The Morgan fingerprint density at radius 3 is 2.87 bits per heavy atom. The third-order valence-electron chi connectivity index (χ3n) is 2.26. The molecule has 0 atom stereocenters. The molecule has 1 aromatic heterocycles. The van der Waals surface area contributed by atoms with Crippen LogP contribution in [0.2, 0.25) is 0 Å². The Morgan fingerprint density at radius 1 is 1.47 bits per heavy atom. The highest BCUT2D eigenvalue weighted by Gasteiger charge is 2.12. The smallest absolute Gasteiger partial charge is 0.354 e. The fourth-order valence-corrected chi connectivity index (χ4v) is 1.50. The first kappa shape index (κ1) is 9.58. The quantitative estimate of drug-likeness (QED) is 0.792. The molecular weight excluding hydrogens is 192 g/mol. The molecule has 2 heterocycles. The highest BCUT2D eigenvalue weighted by molar-refractivity contribution is 6.23. The monoisotopic (exact) mass is 202 g/mol. The second-order valence-corrected chi connectivity index (χ2v) is 3.26. The van der Waals surface area contributed by atoms with E-state index in [0.29, 0.717) is 12.2 Å². The molecule has 1 N–H and O–H groups in total. The summed E-state index contributed by atoms with van der Waals surface area (Å²) in [4.78, 5) is 19.0. The van der Waals surface area contributed by atoms with Crippen LogP contribution in [0.5, 0.6) is 0 Å². The Bertz CT molecular complexity index is 475. The Kier molecular flexibility index (Phi) is 2.33. The van der Waals surface area contributed by atoms with Crippen LogP contribution in [0, 0.1) is 0 Å². The summed E-state index contributed by atoms with van der Waals surface area (Å²) in [6.45, 7) is 2.55. The van der Waals surface area contributed by atoms with E-state index in [1.54, 1.807) is 12.1 Å². The summed E-state index contributed by atoms with van der Waals surface area (Å²) in [6, 6.07) is 4.97. The number of pyridine rings is 1. The summed E-state index contributed by atoms with van der Waals surface area (Å²) in [6.07, 6.45) is 1.95. The van der Waals surface area contributed by atoms with Crippen LogP contribution in [0.25, 0.3) is 5.57 Å². The molecule has 0 spiro atoms. The fourth-order valence-electron chi connectivity index (χ4n) is 1.50. The minimum atomic E-state index is -1.01. The molecule has 0 unspecified atom stereocenters. The zero-order chi connectivity index (χ0) is 10.8. The van der Waals surface area contributed by atoms with E-state index in [1.165, 1.54) is 6.07 Å². The van der Waals surface area contributed by atoms with Gasteiger partial charge in [0.25, 0.3) is 0 Å². The van der Waals surface area contributed by atoms with Crippen LogP contribution in [0.15, 0.2) is 29.3 Å². The van der Waals surface area contributed by atoms with Gasteiger partial charge in [-0.15, -0.1) is 0 Å². The molecule has 1 aromatic rings. The molecule has 0 aliphatic carbocycles. The molecule has 0 bridgehead atoms. The van der Waals surface area contributed by atoms with Crippen molar-refractivity contribution < 1.29 is 9.90 Å². The van der Waals surface area contributed by atoms with Gasteiger partial charge in [-0.2, -0.15) is 0 Å². The van der Waals surface area contributed by atoms with Crippen LogP contribution >= 0.6 is 0 Å². The maximum absolute atomic E-state index is 10.7. The van der Waals surface area contributed by atoms with Crippen LogP contribution in [-0.2, 0) is 0 Å². The van der Waals surface area contributed by atoms with E-state index in [0.717, 1.165) is 11.3 Å². The largest absolute Gasteiger partial charge is 0.477 e. The Morgan fingerprint density at radius 2 is 2.27 bits per heavy atom. The van der Waals surface area contributed by atoms with Crippen molar-refractivity contribution in [2.75, 3.05) is 6.54 Å². The molecule has 0 aromatic carbocycles. The standard InChI is InChI=1S/C11H10N2O2/c1-7-8(5-6-12-7)9-3-2-4-10(13-9)11(14)15/h2-5H,6H2,1H3,(H,14,15). The number of aromatic carboxylic acids is 1. The third-order valence-corrected chi connectivity index (χ3v) is 2.26. The van der Waals surface area contributed by atoms with E-state index in [1.807, 2.05) is 13.0 Å². The maximum atomic E-state index is 10.7. The lowest BCUT2D eigenvalue weighted by Gasteiger charge is -2.02. The van der Waals surface area contributed by atoms with Crippen LogP contribution in [-0.4, -0.2) is 28.3 Å². The van der Waals surface area contributed by atoms with E-state index < -0.39 is 5.97 Å². The van der Waals surface area contributed by atoms with Gasteiger partial charge in [-0.3, -0.25) is 4.99 Å². The predicted molar refractivity (Wildman–Crippen MR) is 57.1 cm³/mol. The van der Waals surface area contributed by atoms with Gasteiger partial charge in [0.15, 0.2) is 0 Å².